The molecule has 4 nitrogen and oxygen atoms in total. The molecule has 0 N–H and O–H groups in total. The Morgan fingerprint density at radius 2 is 1.66 bits per heavy atom. The van der Waals surface area contributed by atoms with E-state index in [4.69, 9.17) is 0 Å². The number of amides is 1. The number of Topliss-reactive ketones (excluding diaryl/α,β-unsaturated/α-hetero) is 1. The van der Waals surface area contributed by atoms with E-state index < -0.39 is 0 Å². The minimum absolute atomic E-state index is 0. The largest absolute Gasteiger partial charge is 0.342 e. The predicted molar refractivity (Wildman–Crippen MR) is 113 cm³/mol. The molecule has 0 spiro atoms. The lowest BCUT2D eigenvalue weighted by Crippen LogP contribution is -2.33. The summed E-state index contributed by atoms with van der Waals surface area (Å²) >= 11 is 0. The Kier molecular flexibility index (Phi) is 6.70. The average Bonchev–Trinajstić information content (AvgIpc) is 3.23. The van der Waals surface area contributed by atoms with Gasteiger partial charge in [0.05, 0.1) is 0 Å². The molecular formula is C23H26ClFN2O2. The Labute approximate surface area is 177 Å². The Morgan fingerprint density at radius 1 is 0.966 bits per heavy atom. The van der Waals surface area contributed by atoms with Gasteiger partial charge in [0.25, 0.3) is 0 Å². The fourth-order valence-electron chi connectivity index (χ4n) is 4.77. The van der Waals surface area contributed by atoms with Crippen LogP contribution in [-0.4, -0.2) is 48.2 Å². The lowest BCUT2D eigenvalue weighted by molar-refractivity contribution is -0.130. The maximum absolute atomic E-state index is 13.0. The van der Waals surface area contributed by atoms with Gasteiger partial charge >= 0.3 is 0 Å². The molecule has 0 bridgehead atoms. The first-order chi connectivity index (χ1) is 13.5. The highest BCUT2D eigenvalue weighted by Gasteiger charge is 2.47. The van der Waals surface area contributed by atoms with E-state index in [1.165, 1.54) is 29.8 Å². The van der Waals surface area contributed by atoms with E-state index in [0.717, 1.165) is 19.6 Å². The molecule has 2 aliphatic rings. The van der Waals surface area contributed by atoms with Crippen LogP contribution in [0.3, 0.4) is 0 Å². The second-order valence-electron chi connectivity index (χ2n) is 7.95. The monoisotopic (exact) mass is 416 g/mol. The number of hydrogen-bond donors (Lipinski definition) is 0. The molecule has 2 fully saturated rings. The number of halogens is 2. The highest BCUT2D eigenvalue weighted by atomic mass is 35.5. The normalized spacial score (nSPS) is 23.5. The average molecular weight is 417 g/mol. The number of carbonyl (C=O) groups excluding carboxylic acids is 2. The first-order valence-electron chi connectivity index (χ1n) is 9.84. The minimum atomic E-state index is -0.367. The standard InChI is InChI=1S/C23H25FN2O2.ClH/c1-25-13-18-14-26(15-20(18)23(25)17-5-3-2-4-6-17)22(28)12-11-21(27)16-7-9-19(24)10-8-16;/h2-10,18,20,23H,11-15H2,1H3;1H/t18-,20+,23-;/m0./s1. The van der Waals surface area contributed by atoms with Crippen LogP contribution in [0.5, 0.6) is 0 Å². The van der Waals surface area contributed by atoms with Gasteiger partial charge in [-0.05, 0) is 42.8 Å². The Morgan fingerprint density at radius 3 is 2.34 bits per heavy atom. The molecular weight excluding hydrogens is 391 g/mol. The van der Waals surface area contributed by atoms with Crippen molar-refractivity contribution < 1.29 is 14.0 Å². The van der Waals surface area contributed by atoms with E-state index in [9.17, 15) is 14.0 Å². The molecule has 6 heteroatoms. The number of hydrogen-bond acceptors (Lipinski definition) is 3. The van der Waals surface area contributed by atoms with Crippen LogP contribution in [-0.2, 0) is 4.79 Å². The van der Waals surface area contributed by atoms with Crippen molar-refractivity contribution in [3.8, 4) is 0 Å². The number of rotatable bonds is 5. The van der Waals surface area contributed by atoms with Crippen molar-refractivity contribution in [1.82, 2.24) is 9.80 Å². The zero-order valence-corrected chi connectivity index (χ0v) is 17.3. The third kappa shape index (κ3) is 4.51. The summed E-state index contributed by atoms with van der Waals surface area (Å²) in [5.41, 5.74) is 1.76. The lowest BCUT2D eigenvalue weighted by atomic mass is 9.90. The summed E-state index contributed by atoms with van der Waals surface area (Å²) in [6, 6.07) is 16.3. The molecule has 154 valence electrons. The summed E-state index contributed by atoms with van der Waals surface area (Å²) in [6.07, 6.45) is 0.375. The fraction of sp³-hybridized carbons (Fsp3) is 0.391. The maximum Gasteiger partial charge on any atom is 0.223 e. The molecule has 0 aromatic heterocycles. The van der Waals surface area contributed by atoms with Crippen molar-refractivity contribution in [2.45, 2.75) is 18.9 Å². The second kappa shape index (κ2) is 9.06. The van der Waals surface area contributed by atoms with Crippen molar-refractivity contribution in [3.05, 3.63) is 71.5 Å². The highest BCUT2D eigenvalue weighted by Crippen LogP contribution is 2.44. The summed E-state index contributed by atoms with van der Waals surface area (Å²) in [5, 5.41) is 0. The van der Waals surface area contributed by atoms with Gasteiger partial charge in [0, 0.05) is 50.0 Å². The Bertz CT molecular complexity index is 859. The van der Waals surface area contributed by atoms with E-state index in [2.05, 4.69) is 36.2 Å². The van der Waals surface area contributed by atoms with Crippen LogP contribution >= 0.6 is 12.4 Å². The molecule has 29 heavy (non-hydrogen) atoms. The van der Waals surface area contributed by atoms with Crippen LogP contribution in [0.15, 0.2) is 54.6 Å². The number of carbonyl (C=O) groups is 2. The van der Waals surface area contributed by atoms with E-state index in [0.29, 0.717) is 23.4 Å². The molecule has 2 aromatic carbocycles. The van der Waals surface area contributed by atoms with Gasteiger partial charge in [-0.2, -0.15) is 0 Å². The smallest absolute Gasteiger partial charge is 0.223 e. The third-order valence-corrected chi connectivity index (χ3v) is 6.12. The van der Waals surface area contributed by atoms with E-state index >= 15 is 0 Å². The van der Waals surface area contributed by atoms with Gasteiger partial charge in [-0.25, -0.2) is 4.39 Å². The Hall–Kier alpha value is -2.24. The molecule has 2 heterocycles. The summed E-state index contributed by atoms with van der Waals surface area (Å²) in [7, 11) is 2.16. The van der Waals surface area contributed by atoms with Crippen molar-refractivity contribution in [2.24, 2.45) is 11.8 Å². The summed E-state index contributed by atoms with van der Waals surface area (Å²) in [5.74, 6) is 0.472. The van der Waals surface area contributed by atoms with Gasteiger partial charge in [-0.1, -0.05) is 30.3 Å². The van der Waals surface area contributed by atoms with Crippen LogP contribution in [0.4, 0.5) is 4.39 Å². The number of nitrogens with zero attached hydrogens (tertiary/aromatic N) is 2. The fourth-order valence-corrected chi connectivity index (χ4v) is 4.77. The zero-order chi connectivity index (χ0) is 19.7. The molecule has 2 saturated heterocycles. The van der Waals surface area contributed by atoms with Gasteiger partial charge < -0.3 is 4.90 Å². The van der Waals surface area contributed by atoms with Crippen LogP contribution in [0, 0.1) is 17.7 Å². The molecule has 3 atom stereocenters. The number of likely N-dealkylation sites (tertiary alicyclic amines) is 2. The molecule has 2 aromatic rings. The van der Waals surface area contributed by atoms with E-state index in [-0.39, 0.29) is 42.8 Å². The van der Waals surface area contributed by atoms with Crippen LogP contribution in [0.2, 0.25) is 0 Å². The van der Waals surface area contributed by atoms with Gasteiger partial charge in [-0.3, -0.25) is 14.5 Å². The molecule has 2 aliphatic heterocycles. The van der Waals surface area contributed by atoms with E-state index in [1.807, 2.05) is 11.0 Å². The van der Waals surface area contributed by atoms with Gasteiger partial charge in [0.1, 0.15) is 5.82 Å². The predicted octanol–water partition coefficient (Wildman–Crippen LogP) is 3.97. The van der Waals surface area contributed by atoms with Crippen LogP contribution in [0.25, 0.3) is 0 Å². The second-order valence-corrected chi connectivity index (χ2v) is 7.95. The number of ketones is 1. The van der Waals surface area contributed by atoms with Crippen molar-refractivity contribution >= 4 is 24.1 Å². The Balaban J connectivity index is 0.00000240. The first-order valence-corrected chi connectivity index (χ1v) is 9.84. The molecule has 0 saturated carbocycles. The van der Waals surface area contributed by atoms with Gasteiger partial charge in [0.2, 0.25) is 5.91 Å². The molecule has 4 rings (SSSR count). The zero-order valence-electron chi connectivity index (χ0n) is 16.5. The number of fused-ring (bicyclic) bond motifs is 1. The van der Waals surface area contributed by atoms with E-state index in [1.54, 1.807) is 0 Å². The highest BCUT2D eigenvalue weighted by molar-refractivity contribution is 5.97. The molecule has 0 aliphatic carbocycles. The van der Waals surface area contributed by atoms with Crippen LogP contribution < -0.4 is 0 Å². The van der Waals surface area contributed by atoms with Crippen molar-refractivity contribution in [3.63, 3.8) is 0 Å². The summed E-state index contributed by atoms with van der Waals surface area (Å²) in [4.78, 5) is 29.3. The van der Waals surface area contributed by atoms with Crippen LogP contribution in [0.1, 0.15) is 34.8 Å². The molecule has 1 amide bonds. The quantitative estimate of drug-likeness (QED) is 0.692. The first kappa shape index (κ1) is 21.5. The lowest BCUT2D eigenvalue weighted by Gasteiger charge is -2.27. The summed E-state index contributed by atoms with van der Waals surface area (Å²) < 4.78 is 13.0. The van der Waals surface area contributed by atoms with Gasteiger partial charge in [0.15, 0.2) is 5.78 Å². The SMILES string of the molecule is CN1C[C@H]2CN(C(=O)CCC(=O)c3ccc(F)cc3)C[C@H]2[C@@H]1c1ccccc1.Cl. The maximum atomic E-state index is 13.0. The van der Waals surface area contributed by atoms with Crippen molar-refractivity contribution in [2.75, 3.05) is 26.7 Å². The molecule has 0 radical (unpaired) electrons. The van der Waals surface area contributed by atoms with Gasteiger partial charge in [-0.15, -0.1) is 12.4 Å². The third-order valence-electron chi connectivity index (χ3n) is 6.12. The van der Waals surface area contributed by atoms with Crippen molar-refractivity contribution in [1.29, 1.82) is 0 Å². The number of benzene rings is 2. The minimum Gasteiger partial charge on any atom is -0.342 e. The topological polar surface area (TPSA) is 40.6 Å². The summed E-state index contributed by atoms with van der Waals surface area (Å²) in [6.45, 7) is 2.50. The molecule has 0 unspecified atom stereocenters.